The van der Waals surface area contributed by atoms with Crippen molar-refractivity contribution >= 4 is 38.7 Å². The Morgan fingerprint density at radius 1 is 1.21 bits per heavy atom. The van der Waals surface area contributed by atoms with E-state index in [9.17, 15) is 17.8 Å². The molecule has 0 aliphatic heterocycles. The summed E-state index contributed by atoms with van der Waals surface area (Å²) in [5.74, 6) is 0.717. The third-order valence-corrected chi connectivity index (χ3v) is 7.92. The highest BCUT2D eigenvalue weighted by molar-refractivity contribution is 7.98. The zero-order chi connectivity index (χ0) is 25.0. The van der Waals surface area contributed by atoms with Crippen molar-refractivity contribution < 1.29 is 17.8 Å². The zero-order valence-electron chi connectivity index (χ0n) is 19.6. The van der Waals surface area contributed by atoms with Gasteiger partial charge in [-0.3, -0.25) is 4.79 Å². The van der Waals surface area contributed by atoms with Gasteiger partial charge in [0.25, 0.3) is 0 Å². The van der Waals surface area contributed by atoms with Crippen molar-refractivity contribution in [1.29, 1.82) is 0 Å². The molecule has 0 aliphatic carbocycles. The molecular formula is C24H29N3O4S3. The maximum Gasteiger partial charge on any atom is 0.238 e. The highest BCUT2D eigenvalue weighted by atomic mass is 32.2. The Balaban J connectivity index is 2.03. The first-order chi connectivity index (χ1) is 16.1. The number of primary sulfonamides is 1. The molecule has 0 aliphatic rings. The molecule has 0 fully saturated rings. The fourth-order valence-corrected chi connectivity index (χ4v) is 5.63. The Kier molecular flexibility index (Phi) is 8.64. The van der Waals surface area contributed by atoms with E-state index in [-0.39, 0.29) is 22.3 Å². The highest BCUT2D eigenvalue weighted by Crippen LogP contribution is 2.30. The van der Waals surface area contributed by atoms with Crippen LogP contribution in [0.1, 0.15) is 48.1 Å². The Hall–Kier alpha value is -2.11. The minimum absolute atomic E-state index is 0.0531. The summed E-state index contributed by atoms with van der Waals surface area (Å²) < 4.78 is 37.7. The zero-order valence-corrected chi connectivity index (χ0v) is 22.1. The fraction of sp³-hybridized carbons (Fsp3) is 0.333. The summed E-state index contributed by atoms with van der Waals surface area (Å²) >= 11 is 0.150. The van der Waals surface area contributed by atoms with Crippen LogP contribution in [0.15, 0.2) is 58.5 Å². The molecule has 3 rings (SSSR count). The molecule has 10 heteroatoms. The van der Waals surface area contributed by atoms with Gasteiger partial charge >= 0.3 is 0 Å². The summed E-state index contributed by atoms with van der Waals surface area (Å²) in [6.45, 7) is 4.56. The third-order valence-electron chi connectivity index (χ3n) is 5.61. The van der Waals surface area contributed by atoms with Crippen molar-refractivity contribution in [2.45, 2.75) is 42.7 Å². The number of Topliss-reactive ketones (excluding diaryl/α,β-unsaturated/α-hetero) is 1. The summed E-state index contributed by atoms with van der Waals surface area (Å²) in [5.41, 5.74) is 2.67. The molecule has 0 spiro atoms. The van der Waals surface area contributed by atoms with Gasteiger partial charge in [-0.1, -0.05) is 56.3 Å². The quantitative estimate of drug-likeness (QED) is 0.245. The molecule has 0 saturated carbocycles. The second kappa shape index (κ2) is 11.1. The first kappa shape index (κ1) is 26.5. The number of hydrogen-bond donors (Lipinski definition) is 1. The van der Waals surface area contributed by atoms with Crippen molar-refractivity contribution in [1.82, 2.24) is 9.55 Å². The average molecular weight is 520 g/mol. The van der Waals surface area contributed by atoms with Gasteiger partial charge in [0.15, 0.2) is 5.75 Å². The van der Waals surface area contributed by atoms with Crippen LogP contribution in [-0.2, 0) is 27.7 Å². The van der Waals surface area contributed by atoms with Gasteiger partial charge in [0.05, 0.1) is 11.2 Å². The normalized spacial score (nSPS) is 13.6. The van der Waals surface area contributed by atoms with E-state index in [4.69, 9.17) is 10.1 Å². The Morgan fingerprint density at radius 2 is 1.85 bits per heavy atom. The number of carbonyl (C=O) groups is 1. The number of rotatable bonds is 10. The van der Waals surface area contributed by atoms with Gasteiger partial charge in [-0.2, -0.15) is 0 Å². The standard InChI is InChI=1S/C24H29N3O4S3/c1-5-16(2)23-26-24(32-3)22(20(28)15-33(4)29)27(23)14-17-10-12-18(13-11-17)19-8-6-7-9-21(19)34(25,30)31/h6-13,16H,5,14-15H2,1-4H3,(H2,25,30,31). The van der Waals surface area contributed by atoms with Crippen LogP contribution in [0.2, 0.25) is 0 Å². The van der Waals surface area contributed by atoms with Crippen LogP contribution in [0.3, 0.4) is 0 Å². The minimum Gasteiger partial charge on any atom is -0.616 e. The van der Waals surface area contributed by atoms with Crippen molar-refractivity contribution in [2.24, 2.45) is 5.14 Å². The summed E-state index contributed by atoms with van der Waals surface area (Å²) in [6.07, 6.45) is 4.26. The third kappa shape index (κ3) is 5.92. The second-order valence-corrected chi connectivity index (χ2v) is 11.9. The van der Waals surface area contributed by atoms with Gasteiger partial charge in [-0.25, -0.2) is 18.5 Å². The van der Waals surface area contributed by atoms with E-state index in [0.717, 1.165) is 23.4 Å². The van der Waals surface area contributed by atoms with Crippen molar-refractivity contribution in [3.8, 4) is 11.1 Å². The number of ketones is 1. The molecule has 3 aromatic rings. The average Bonchev–Trinajstić information content (AvgIpc) is 3.16. The fourth-order valence-electron chi connectivity index (χ4n) is 3.76. The lowest BCUT2D eigenvalue weighted by Crippen LogP contribution is -2.20. The van der Waals surface area contributed by atoms with Crippen molar-refractivity contribution in [3.05, 3.63) is 65.6 Å². The Bertz CT molecular complexity index is 1270. The number of benzene rings is 2. The van der Waals surface area contributed by atoms with Crippen molar-refractivity contribution in [2.75, 3.05) is 18.3 Å². The summed E-state index contributed by atoms with van der Waals surface area (Å²) in [5, 5.41) is 6.03. The lowest BCUT2D eigenvalue weighted by Gasteiger charge is -2.16. The molecule has 34 heavy (non-hydrogen) atoms. The van der Waals surface area contributed by atoms with Gasteiger partial charge in [0.2, 0.25) is 15.8 Å². The lowest BCUT2D eigenvalue weighted by molar-refractivity contribution is 0.100. The van der Waals surface area contributed by atoms with Gasteiger partial charge in [-0.15, -0.1) is 11.8 Å². The number of hydrogen-bond acceptors (Lipinski definition) is 6. The molecule has 0 bridgehead atoms. The molecule has 1 aromatic heterocycles. The van der Waals surface area contributed by atoms with Crippen LogP contribution in [0, 0.1) is 0 Å². The van der Waals surface area contributed by atoms with Crippen LogP contribution in [0.5, 0.6) is 0 Å². The van der Waals surface area contributed by atoms with Gasteiger partial charge < -0.3 is 9.12 Å². The Labute approximate surface area is 208 Å². The molecule has 2 aromatic carbocycles. The number of aromatic nitrogens is 2. The second-order valence-electron chi connectivity index (χ2n) is 8.10. The number of thioether (sulfide) groups is 1. The van der Waals surface area contributed by atoms with Crippen LogP contribution in [0.4, 0.5) is 0 Å². The number of imidazole rings is 1. The van der Waals surface area contributed by atoms with Gasteiger partial charge in [-0.05, 0) is 41.0 Å². The maximum atomic E-state index is 13.0. The molecule has 0 radical (unpaired) electrons. The van der Waals surface area contributed by atoms with E-state index in [2.05, 4.69) is 13.8 Å². The monoisotopic (exact) mass is 519 g/mol. The van der Waals surface area contributed by atoms with Crippen LogP contribution in [0.25, 0.3) is 11.1 Å². The van der Waals surface area contributed by atoms with E-state index in [0.29, 0.717) is 22.8 Å². The molecule has 2 unspecified atom stereocenters. The molecule has 0 saturated heterocycles. The largest absolute Gasteiger partial charge is 0.616 e. The van der Waals surface area contributed by atoms with Gasteiger partial charge in [0, 0.05) is 18.0 Å². The van der Waals surface area contributed by atoms with Crippen LogP contribution in [-0.4, -0.2) is 46.6 Å². The summed E-state index contributed by atoms with van der Waals surface area (Å²) in [4.78, 5) is 17.8. The molecule has 182 valence electrons. The SMILES string of the molecule is CCC(C)c1nc(SC)c(C(=O)C[S+](C)[O-])n1Cc1ccc(-c2ccccc2S(N)(=O)=O)cc1. The molecular weight excluding hydrogens is 490 g/mol. The van der Waals surface area contributed by atoms with E-state index in [1.54, 1.807) is 18.2 Å². The Morgan fingerprint density at radius 3 is 2.41 bits per heavy atom. The predicted octanol–water partition coefficient (Wildman–Crippen LogP) is 4.04. The predicted molar refractivity (Wildman–Crippen MR) is 138 cm³/mol. The summed E-state index contributed by atoms with van der Waals surface area (Å²) in [6, 6.07) is 14.1. The highest BCUT2D eigenvalue weighted by Gasteiger charge is 2.27. The van der Waals surface area contributed by atoms with Gasteiger partial charge in [0.1, 0.15) is 16.5 Å². The number of nitrogens with two attached hydrogens (primary N) is 1. The number of sulfonamides is 1. The number of nitrogens with zero attached hydrogens (tertiary/aromatic N) is 2. The summed E-state index contributed by atoms with van der Waals surface area (Å²) in [7, 11) is -3.86. The minimum atomic E-state index is -3.86. The molecule has 7 nitrogen and oxygen atoms in total. The molecule has 2 N–H and O–H groups in total. The van der Waals surface area contributed by atoms with E-state index < -0.39 is 21.2 Å². The van der Waals surface area contributed by atoms with E-state index in [1.165, 1.54) is 24.1 Å². The molecule has 0 amide bonds. The maximum absolute atomic E-state index is 13.0. The topological polar surface area (TPSA) is 118 Å². The van der Waals surface area contributed by atoms with E-state index in [1.807, 2.05) is 35.1 Å². The first-order valence-electron chi connectivity index (χ1n) is 10.8. The lowest BCUT2D eigenvalue weighted by atomic mass is 10.0. The molecule has 2 atom stereocenters. The molecule has 1 heterocycles. The first-order valence-corrected chi connectivity index (χ1v) is 15.2. The van der Waals surface area contributed by atoms with Crippen molar-refractivity contribution in [3.63, 3.8) is 0 Å². The number of carbonyl (C=O) groups excluding carboxylic acids is 1. The van der Waals surface area contributed by atoms with Crippen LogP contribution < -0.4 is 5.14 Å². The smallest absolute Gasteiger partial charge is 0.238 e. The van der Waals surface area contributed by atoms with E-state index >= 15 is 0 Å². The van der Waals surface area contributed by atoms with Crippen LogP contribution >= 0.6 is 11.8 Å².